The van der Waals surface area contributed by atoms with Gasteiger partial charge in [-0.3, -0.25) is 4.79 Å². The quantitative estimate of drug-likeness (QED) is 0.897. The van der Waals surface area contributed by atoms with Crippen molar-refractivity contribution in [1.82, 2.24) is 10.3 Å². The lowest BCUT2D eigenvalue weighted by atomic mass is 9.94. The van der Waals surface area contributed by atoms with Crippen molar-refractivity contribution in [3.63, 3.8) is 0 Å². The van der Waals surface area contributed by atoms with Crippen LogP contribution in [0.25, 0.3) is 0 Å². The molecule has 0 aliphatic heterocycles. The number of thiazole rings is 1. The minimum absolute atomic E-state index is 0.0293. The van der Waals surface area contributed by atoms with Crippen LogP contribution in [0.15, 0.2) is 21.6 Å². The van der Waals surface area contributed by atoms with Gasteiger partial charge in [-0.25, -0.2) is 0 Å². The molecule has 0 spiro atoms. The molecule has 90 valence electrons. The van der Waals surface area contributed by atoms with Crippen LogP contribution in [-0.2, 0) is 13.0 Å². The van der Waals surface area contributed by atoms with Gasteiger partial charge in [0.2, 0.25) is 0 Å². The van der Waals surface area contributed by atoms with Crippen LogP contribution in [0.5, 0.6) is 0 Å². The summed E-state index contributed by atoms with van der Waals surface area (Å²) >= 11 is 3.09. The summed E-state index contributed by atoms with van der Waals surface area (Å²) in [7, 11) is 0. The maximum atomic E-state index is 11.0. The largest absolute Gasteiger partial charge is 0.315 e. The van der Waals surface area contributed by atoms with Crippen molar-refractivity contribution in [2.24, 2.45) is 0 Å². The Kier molecular flexibility index (Phi) is 3.13. The number of aromatic nitrogens is 1. The van der Waals surface area contributed by atoms with E-state index in [2.05, 4.69) is 21.7 Å². The molecule has 17 heavy (non-hydrogen) atoms. The van der Waals surface area contributed by atoms with E-state index in [9.17, 15) is 4.79 Å². The van der Waals surface area contributed by atoms with Crippen LogP contribution >= 0.6 is 22.7 Å². The molecule has 0 radical (unpaired) electrons. The van der Waals surface area contributed by atoms with E-state index in [1.54, 1.807) is 0 Å². The number of nitrogens with one attached hydrogen (secondary N) is 2. The molecule has 2 heterocycles. The Morgan fingerprint density at radius 2 is 2.41 bits per heavy atom. The van der Waals surface area contributed by atoms with Crippen molar-refractivity contribution in [3.8, 4) is 0 Å². The highest BCUT2D eigenvalue weighted by molar-refractivity contribution is 7.10. The first kappa shape index (κ1) is 11.2. The van der Waals surface area contributed by atoms with Gasteiger partial charge in [-0.05, 0) is 36.3 Å². The third kappa shape index (κ3) is 2.36. The molecule has 1 unspecified atom stereocenters. The number of aryl methyl sites for hydroxylation is 1. The minimum Gasteiger partial charge on any atom is -0.315 e. The zero-order valence-corrected chi connectivity index (χ0v) is 11.0. The second-order valence-electron chi connectivity index (χ2n) is 4.30. The van der Waals surface area contributed by atoms with Crippen LogP contribution in [0, 0.1) is 0 Å². The van der Waals surface area contributed by atoms with E-state index in [4.69, 9.17) is 0 Å². The Hall–Kier alpha value is -0.910. The molecular weight excluding hydrogens is 252 g/mol. The predicted molar refractivity (Wildman–Crippen MR) is 71.8 cm³/mol. The van der Waals surface area contributed by atoms with Gasteiger partial charge < -0.3 is 10.3 Å². The monoisotopic (exact) mass is 266 g/mol. The lowest BCUT2D eigenvalue weighted by Crippen LogP contribution is -2.24. The van der Waals surface area contributed by atoms with E-state index < -0.39 is 0 Å². The number of H-pyrrole nitrogens is 1. The minimum atomic E-state index is 0.0293. The van der Waals surface area contributed by atoms with Crippen LogP contribution in [-0.4, -0.2) is 4.98 Å². The fourth-order valence-electron chi connectivity index (χ4n) is 2.33. The summed E-state index contributed by atoms with van der Waals surface area (Å²) in [6.45, 7) is 0.749. The Bertz CT molecular complexity index is 555. The van der Waals surface area contributed by atoms with Crippen LogP contribution in [0.2, 0.25) is 0 Å². The van der Waals surface area contributed by atoms with E-state index in [0.29, 0.717) is 6.04 Å². The summed E-state index contributed by atoms with van der Waals surface area (Å²) in [4.78, 5) is 15.4. The van der Waals surface area contributed by atoms with Gasteiger partial charge >= 0.3 is 4.87 Å². The Balaban J connectivity index is 1.69. The number of rotatable bonds is 3. The van der Waals surface area contributed by atoms with Gasteiger partial charge in [0, 0.05) is 28.5 Å². The lowest BCUT2D eigenvalue weighted by molar-refractivity contribution is 0.460. The van der Waals surface area contributed by atoms with Crippen molar-refractivity contribution < 1.29 is 0 Å². The summed E-state index contributed by atoms with van der Waals surface area (Å²) in [6, 6.07) is 2.68. The van der Waals surface area contributed by atoms with E-state index in [1.165, 1.54) is 41.0 Å². The Labute approximate surface area is 108 Å². The van der Waals surface area contributed by atoms with E-state index in [1.807, 2.05) is 16.7 Å². The normalized spacial score (nSPS) is 19.2. The molecule has 2 N–H and O–H groups in total. The van der Waals surface area contributed by atoms with Crippen molar-refractivity contribution >= 4 is 22.7 Å². The molecule has 3 nitrogen and oxygen atoms in total. The molecule has 0 aromatic carbocycles. The summed E-state index contributed by atoms with van der Waals surface area (Å²) in [5, 5.41) is 7.61. The topological polar surface area (TPSA) is 44.9 Å². The molecule has 1 aliphatic carbocycles. The molecular formula is C12H14N2OS2. The summed E-state index contributed by atoms with van der Waals surface area (Å²) in [5.74, 6) is 0. The molecule has 2 aromatic heterocycles. The van der Waals surface area contributed by atoms with Crippen LogP contribution in [0.4, 0.5) is 0 Å². The Morgan fingerprint density at radius 3 is 3.24 bits per heavy atom. The number of fused-ring (bicyclic) bond motifs is 1. The zero-order chi connectivity index (χ0) is 11.7. The molecule has 0 bridgehead atoms. The second kappa shape index (κ2) is 4.76. The molecule has 0 saturated carbocycles. The van der Waals surface area contributed by atoms with Gasteiger partial charge in [-0.1, -0.05) is 11.3 Å². The van der Waals surface area contributed by atoms with Gasteiger partial charge in [0.25, 0.3) is 0 Å². The molecule has 0 saturated heterocycles. The van der Waals surface area contributed by atoms with Crippen LogP contribution in [0.1, 0.15) is 35.0 Å². The van der Waals surface area contributed by atoms with E-state index >= 15 is 0 Å². The first-order chi connectivity index (χ1) is 8.33. The highest BCUT2D eigenvalue weighted by Gasteiger charge is 2.20. The van der Waals surface area contributed by atoms with Crippen molar-refractivity contribution in [2.75, 3.05) is 0 Å². The van der Waals surface area contributed by atoms with Gasteiger partial charge in [0.15, 0.2) is 0 Å². The van der Waals surface area contributed by atoms with Crippen molar-refractivity contribution in [1.29, 1.82) is 0 Å². The van der Waals surface area contributed by atoms with E-state index in [0.717, 1.165) is 12.2 Å². The van der Waals surface area contributed by atoms with Crippen LogP contribution < -0.4 is 10.2 Å². The first-order valence-corrected chi connectivity index (χ1v) is 7.55. The fraction of sp³-hybridized carbons (Fsp3) is 0.417. The smallest absolute Gasteiger partial charge is 0.304 e. The second-order valence-corrected chi connectivity index (χ2v) is 6.14. The predicted octanol–water partition coefficient (Wildman–Crippen LogP) is 2.67. The number of hydrogen-bond acceptors (Lipinski definition) is 4. The molecule has 5 heteroatoms. The van der Waals surface area contributed by atoms with E-state index in [-0.39, 0.29) is 4.87 Å². The standard InChI is InChI=1S/C12H14N2OS2/c15-12-14-8(7-17-12)6-13-10-2-1-3-11-9(10)4-5-16-11/h4-5,7,10,13H,1-3,6H2,(H,14,15). The summed E-state index contributed by atoms with van der Waals surface area (Å²) < 4.78 is 0. The highest BCUT2D eigenvalue weighted by Crippen LogP contribution is 2.33. The molecule has 3 rings (SSSR count). The van der Waals surface area contributed by atoms with Crippen LogP contribution in [0.3, 0.4) is 0 Å². The van der Waals surface area contributed by atoms with Gasteiger partial charge in [-0.2, -0.15) is 0 Å². The highest BCUT2D eigenvalue weighted by atomic mass is 32.1. The maximum absolute atomic E-state index is 11.0. The third-order valence-electron chi connectivity index (χ3n) is 3.16. The fourth-order valence-corrected chi connectivity index (χ4v) is 3.90. The van der Waals surface area contributed by atoms with Crippen molar-refractivity contribution in [3.05, 3.63) is 42.6 Å². The van der Waals surface area contributed by atoms with Gasteiger partial charge in [-0.15, -0.1) is 11.3 Å². The average Bonchev–Trinajstić information content (AvgIpc) is 2.94. The number of thiophene rings is 1. The molecule has 1 aliphatic rings. The third-order valence-corrected chi connectivity index (χ3v) is 4.88. The Morgan fingerprint density at radius 1 is 1.47 bits per heavy atom. The molecule has 0 amide bonds. The molecule has 1 atom stereocenters. The molecule has 2 aromatic rings. The number of aromatic amines is 1. The zero-order valence-electron chi connectivity index (χ0n) is 9.36. The molecule has 0 fully saturated rings. The average molecular weight is 266 g/mol. The van der Waals surface area contributed by atoms with Gasteiger partial charge in [0.05, 0.1) is 0 Å². The van der Waals surface area contributed by atoms with Gasteiger partial charge in [0.1, 0.15) is 0 Å². The lowest BCUT2D eigenvalue weighted by Gasteiger charge is -2.23. The maximum Gasteiger partial charge on any atom is 0.304 e. The SMILES string of the molecule is O=c1[nH]c(CNC2CCCc3sccc32)cs1. The summed E-state index contributed by atoms with van der Waals surface area (Å²) in [5.41, 5.74) is 2.45. The summed E-state index contributed by atoms with van der Waals surface area (Å²) in [6.07, 6.45) is 3.67. The van der Waals surface area contributed by atoms with Crippen molar-refractivity contribution in [2.45, 2.75) is 31.8 Å². The first-order valence-electron chi connectivity index (χ1n) is 5.79. The number of hydrogen-bond donors (Lipinski definition) is 2.